The van der Waals surface area contributed by atoms with Gasteiger partial charge in [0.05, 0.1) is 0 Å². The van der Waals surface area contributed by atoms with Gasteiger partial charge in [-0.1, -0.05) is 60.7 Å². The lowest BCUT2D eigenvalue weighted by molar-refractivity contribution is -0.123. The second-order valence-corrected chi connectivity index (χ2v) is 4.47. The van der Waals surface area contributed by atoms with Crippen molar-refractivity contribution in [3.8, 4) is 0 Å². The van der Waals surface area contributed by atoms with E-state index in [2.05, 4.69) is 10.9 Å². The van der Waals surface area contributed by atoms with E-state index in [4.69, 9.17) is 0 Å². The summed E-state index contributed by atoms with van der Waals surface area (Å²) >= 11 is 0. The lowest BCUT2D eigenvalue weighted by Gasteiger charge is -2.01. The Morgan fingerprint density at radius 1 is 0.636 bits per heavy atom. The van der Waals surface area contributed by atoms with Crippen LogP contribution in [-0.4, -0.2) is 11.8 Å². The Bertz CT molecular complexity index is 615. The number of rotatable bonds is 4. The van der Waals surface area contributed by atoms with Crippen molar-refractivity contribution < 1.29 is 9.59 Å². The molecule has 0 heterocycles. The largest absolute Gasteiger partial charge is 0.268 e. The van der Waals surface area contributed by atoms with Crippen molar-refractivity contribution in [1.29, 1.82) is 0 Å². The number of amides is 2. The van der Waals surface area contributed by atoms with E-state index in [9.17, 15) is 9.59 Å². The zero-order valence-corrected chi connectivity index (χ0v) is 11.9. The van der Waals surface area contributed by atoms with Gasteiger partial charge in [0.2, 0.25) is 0 Å². The molecule has 0 aliphatic heterocycles. The molecule has 4 nitrogen and oxygen atoms in total. The van der Waals surface area contributed by atoms with Crippen molar-refractivity contribution in [2.24, 2.45) is 0 Å². The van der Waals surface area contributed by atoms with E-state index in [1.165, 1.54) is 12.2 Å². The van der Waals surface area contributed by atoms with Gasteiger partial charge in [-0.15, -0.1) is 0 Å². The highest BCUT2D eigenvalue weighted by atomic mass is 16.2. The lowest BCUT2D eigenvalue weighted by atomic mass is 10.2. The summed E-state index contributed by atoms with van der Waals surface area (Å²) in [6, 6.07) is 18.8. The van der Waals surface area contributed by atoms with E-state index in [-0.39, 0.29) is 0 Å². The standard InChI is InChI=1S/C18H16N2O2/c21-17(13-11-15-7-3-1-4-8-15)19-20-18(22)14-12-16-9-5-2-6-10-16/h1-14H,(H,19,21)(H,20,22)/b13-11+,14-12+. The van der Waals surface area contributed by atoms with Crippen molar-refractivity contribution in [3.63, 3.8) is 0 Å². The predicted octanol–water partition coefficient (Wildman–Crippen LogP) is 2.56. The highest BCUT2D eigenvalue weighted by Crippen LogP contribution is 2.01. The Hall–Kier alpha value is -3.14. The van der Waals surface area contributed by atoms with Crippen LogP contribution in [-0.2, 0) is 9.59 Å². The smallest absolute Gasteiger partial charge is 0.262 e. The Morgan fingerprint density at radius 2 is 1.00 bits per heavy atom. The molecule has 4 heteroatoms. The van der Waals surface area contributed by atoms with Crippen molar-refractivity contribution >= 4 is 24.0 Å². The van der Waals surface area contributed by atoms with Crippen LogP contribution >= 0.6 is 0 Å². The molecule has 0 aromatic heterocycles. The van der Waals surface area contributed by atoms with Crippen LogP contribution < -0.4 is 10.9 Å². The van der Waals surface area contributed by atoms with Crippen LogP contribution in [0.25, 0.3) is 12.2 Å². The number of nitrogens with one attached hydrogen (secondary N) is 2. The molecule has 0 spiro atoms. The van der Waals surface area contributed by atoms with Crippen LogP contribution in [0.15, 0.2) is 72.8 Å². The van der Waals surface area contributed by atoms with E-state index < -0.39 is 11.8 Å². The second-order valence-electron chi connectivity index (χ2n) is 4.47. The number of hydrogen-bond donors (Lipinski definition) is 2. The zero-order chi connectivity index (χ0) is 15.6. The van der Waals surface area contributed by atoms with Crippen LogP contribution in [0.2, 0.25) is 0 Å². The summed E-state index contributed by atoms with van der Waals surface area (Å²) in [6.07, 6.45) is 6.05. The molecule has 0 saturated carbocycles. The number of benzene rings is 2. The molecule has 0 saturated heterocycles. The zero-order valence-electron chi connectivity index (χ0n) is 11.9. The maximum atomic E-state index is 11.6. The van der Waals surface area contributed by atoms with Crippen LogP contribution in [0.5, 0.6) is 0 Å². The van der Waals surface area contributed by atoms with E-state index >= 15 is 0 Å². The van der Waals surface area contributed by atoms with Gasteiger partial charge in [0.15, 0.2) is 0 Å². The summed E-state index contributed by atoms with van der Waals surface area (Å²) in [5, 5.41) is 0. The molecule has 2 amide bonds. The summed E-state index contributed by atoms with van der Waals surface area (Å²) in [7, 11) is 0. The van der Waals surface area contributed by atoms with Gasteiger partial charge in [-0.05, 0) is 23.3 Å². The lowest BCUT2D eigenvalue weighted by Crippen LogP contribution is -2.39. The van der Waals surface area contributed by atoms with Gasteiger partial charge in [-0.2, -0.15) is 0 Å². The third kappa shape index (κ3) is 5.46. The van der Waals surface area contributed by atoms with Gasteiger partial charge in [0.25, 0.3) is 11.8 Å². The molecular formula is C18H16N2O2. The number of hydrogen-bond acceptors (Lipinski definition) is 2. The fourth-order valence-corrected chi connectivity index (χ4v) is 1.68. The minimum Gasteiger partial charge on any atom is -0.268 e. The van der Waals surface area contributed by atoms with Crippen molar-refractivity contribution in [2.75, 3.05) is 0 Å². The van der Waals surface area contributed by atoms with Gasteiger partial charge in [0, 0.05) is 12.2 Å². The van der Waals surface area contributed by atoms with E-state index in [0.29, 0.717) is 0 Å². The van der Waals surface area contributed by atoms with Gasteiger partial charge in [0.1, 0.15) is 0 Å². The first-order chi connectivity index (χ1) is 10.7. The topological polar surface area (TPSA) is 58.2 Å². The molecule has 2 N–H and O–H groups in total. The third-order valence-electron chi connectivity index (χ3n) is 2.76. The van der Waals surface area contributed by atoms with Gasteiger partial charge in [-0.25, -0.2) is 0 Å². The first-order valence-electron chi connectivity index (χ1n) is 6.80. The fraction of sp³-hybridized carbons (Fsp3) is 0. The van der Waals surface area contributed by atoms with Crippen molar-refractivity contribution in [3.05, 3.63) is 83.9 Å². The molecule has 0 atom stereocenters. The molecule has 0 unspecified atom stereocenters. The van der Waals surface area contributed by atoms with Gasteiger partial charge in [-0.3, -0.25) is 20.4 Å². The number of hydrazine groups is 1. The molecule has 0 aliphatic carbocycles. The minimum absolute atomic E-state index is 0.398. The quantitative estimate of drug-likeness (QED) is 0.672. The molecule has 2 aromatic rings. The van der Waals surface area contributed by atoms with Crippen molar-refractivity contribution in [1.82, 2.24) is 10.9 Å². The summed E-state index contributed by atoms with van der Waals surface area (Å²) in [4.78, 5) is 23.1. The molecule has 0 bridgehead atoms. The van der Waals surface area contributed by atoms with Crippen LogP contribution in [0.4, 0.5) is 0 Å². The summed E-state index contributed by atoms with van der Waals surface area (Å²) in [5.41, 5.74) is 6.45. The molecule has 22 heavy (non-hydrogen) atoms. The SMILES string of the molecule is O=C(/C=C/c1ccccc1)NNC(=O)/C=C/c1ccccc1. The molecular weight excluding hydrogens is 276 g/mol. The summed E-state index contributed by atoms with van der Waals surface area (Å²) < 4.78 is 0. The third-order valence-corrected chi connectivity index (χ3v) is 2.76. The highest BCUT2D eigenvalue weighted by Gasteiger charge is 1.97. The fourth-order valence-electron chi connectivity index (χ4n) is 1.68. The molecule has 0 radical (unpaired) electrons. The summed E-state index contributed by atoms with van der Waals surface area (Å²) in [6.45, 7) is 0. The Kier molecular flexibility index (Phi) is 5.70. The monoisotopic (exact) mass is 292 g/mol. The van der Waals surface area contributed by atoms with Crippen LogP contribution in [0, 0.1) is 0 Å². The van der Waals surface area contributed by atoms with E-state index in [0.717, 1.165) is 11.1 Å². The van der Waals surface area contributed by atoms with E-state index in [1.807, 2.05) is 60.7 Å². The number of carbonyl (C=O) groups is 2. The number of carbonyl (C=O) groups excluding carboxylic acids is 2. The average molecular weight is 292 g/mol. The van der Waals surface area contributed by atoms with Gasteiger partial charge >= 0.3 is 0 Å². The Balaban J connectivity index is 1.77. The maximum absolute atomic E-state index is 11.6. The molecule has 2 rings (SSSR count). The molecule has 0 aliphatic rings. The highest BCUT2D eigenvalue weighted by molar-refractivity contribution is 5.96. The van der Waals surface area contributed by atoms with E-state index in [1.54, 1.807) is 12.2 Å². The predicted molar refractivity (Wildman–Crippen MR) is 87.2 cm³/mol. The van der Waals surface area contributed by atoms with Crippen molar-refractivity contribution in [2.45, 2.75) is 0 Å². The molecule has 0 fully saturated rings. The maximum Gasteiger partial charge on any atom is 0.262 e. The van der Waals surface area contributed by atoms with Gasteiger partial charge < -0.3 is 0 Å². The second kappa shape index (κ2) is 8.21. The van der Waals surface area contributed by atoms with Crippen LogP contribution in [0.3, 0.4) is 0 Å². The average Bonchev–Trinajstić information content (AvgIpc) is 2.58. The summed E-state index contributed by atoms with van der Waals surface area (Å²) in [5.74, 6) is -0.796. The normalized spacial score (nSPS) is 10.7. The van der Waals surface area contributed by atoms with Crippen LogP contribution in [0.1, 0.15) is 11.1 Å². The Labute approximate surface area is 129 Å². The molecule has 110 valence electrons. The first kappa shape index (κ1) is 15.3. The molecule has 2 aromatic carbocycles. The first-order valence-corrected chi connectivity index (χ1v) is 6.80. The minimum atomic E-state index is -0.398. The Morgan fingerprint density at radius 3 is 1.36 bits per heavy atom.